The van der Waals surface area contributed by atoms with Crippen molar-refractivity contribution in [3.63, 3.8) is 0 Å². The van der Waals surface area contributed by atoms with E-state index < -0.39 is 0 Å². The summed E-state index contributed by atoms with van der Waals surface area (Å²) in [5.74, 6) is 0.274. The Bertz CT molecular complexity index is 386. The molecule has 0 unspecified atom stereocenters. The van der Waals surface area contributed by atoms with Crippen LogP contribution in [0.2, 0.25) is 0 Å². The van der Waals surface area contributed by atoms with Gasteiger partial charge in [0.1, 0.15) is 5.69 Å². The van der Waals surface area contributed by atoms with E-state index in [2.05, 4.69) is 9.72 Å². The number of carbonyl (C=O) groups excluding carboxylic acids is 1. The highest BCUT2D eigenvalue weighted by Gasteiger charge is 2.15. The Kier molecular flexibility index (Phi) is 4.09. The summed E-state index contributed by atoms with van der Waals surface area (Å²) in [6, 6.07) is 3.78. The molecular formula is C13H17NO3. The van der Waals surface area contributed by atoms with Crippen molar-refractivity contribution in [3.05, 3.63) is 29.6 Å². The van der Waals surface area contributed by atoms with Crippen molar-refractivity contribution in [1.82, 2.24) is 4.98 Å². The SMILES string of the molecule is COC(=O)c1cc(CC2CCOCC2)ccn1. The summed E-state index contributed by atoms with van der Waals surface area (Å²) in [6.45, 7) is 1.69. The lowest BCUT2D eigenvalue weighted by Gasteiger charge is -2.21. The van der Waals surface area contributed by atoms with Gasteiger partial charge in [0.25, 0.3) is 0 Å². The van der Waals surface area contributed by atoms with Crippen LogP contribution < -0.4 is 0 Å². The van der Waals surface area contributed by atoms with Crippen molar-refractivity contribution < 1.29 is 14.3 Å². The van der Waals surface area contributed by atoms with Gasteiger partial charge in [-0.3, -0.25) is 0 Å². The van der Waals surface area contributed by atoms with Crippen LogP contribution in [0.25, 0.3) is 0 Å². The van der Waals surface area contributed by atoms with E-state index in [9.17, 15) is 4.79 Å². The van der Waals surface area contributed by atoms with Gasteiger partial charge in [0.15, 0.2) is 0 Å². The molecule has 2 rings (SSSR count). The average molecular weight is 235 g/mol. The number of nitrogens with zero attached hydrogens (tertiary/aromatic N) is 1. The lowest BCUT2D eigenvalue weighted by molar-refractivity contribution is 0.0592. The lowest BCUT2D eigenvalue weighted by Crippen LogP contribution is -2.17. The summed E-state index contributed by atoms with van der Waals surface area (Å²) in [4.78, 5) is 15.4. The monoisotopic (exact) mass is 235 g/mol. The number of esters is 1. The molecule has 0 spiro atoms. The second-order valence-electron chi connectivity index (χ2n) is 4.30. The molecule has 0 N–H and O–H groups in total. The van der Waals surface area contributed by atoms with Gasteiger partial charge in [0, 0.05) is 19.4 Å². The van der Waals surface area contributed by atoms with E-state index in [1.807, 2.05) is 12.1 Å². The number of carbonyl (C=O) groups is 1. The smallest absolute Gasteiger partial charge is 0.356 e. The maximum atomic E-state index is 11.4. The molecule has 0 amide bonds. The Hall–Kier alpha value is -1.42. The highest BCUT2D eigenvalue weighted by Crippen LogP contribution is 2.20. The van der Waals surface area contributed by atoms with Gasteiger partial charge in [-0.05, 0) is 42.9 Å². The summed E-state index contributed by atoms with van der Waals surface area (Å²) in [7, 11) is 1.37. The van der Waals surface area contributed by atoms with Gasteiger partial charge >= 0.3 is 5.97 Å². The standard InChI is InChI=1S/C13H17NO3/c1-16-13(15)12-9-11(2-5-14-12)8-10-3-6-17-7-4-10/h2,5,9-10H,3-4,6-8H2,1H3. The van der Waals surface area contributed by atoms with Gasteiger partial charge in [-0.1, -0.05) is 0 Å². The van der Waals surface area contributed by atoms with Crippen molar-refractivity contribution in [2.24, 2.45) is 5.92 Å². The molecule has 2 heterocycles. The molecule has 4 heteroatoms. The molecule has 0 atom stereocenters. The minimum absolute atomic E-state index is 0.376. The molecular weight excluding hydrogens is 218 g/mol. The number of methoxy groups -OCH3 is 1. The first-order valence-corrected chi connectivity index (χ1v) is 5.90. The highest BCUT2D eigenvalue weighted by atomic mass is 16.5. The van der Waals surface area contributed by atoms with Gasteiger partial charge < -0.3 is 9.47 Å². The number of hydrogen-bond acceptors (Lipinski definition) is 4. The van der Waals surface area contributed by atoms with Crippen LogP contribution in [0.15, 0.2) is 18.3 Å². The van der Waals surface area contributed by atoms with Crippen LogP contribution in [0.1, 0.15) is 28.9 Å². The van der Waals surface area contributed by atoms with E-state index in [-0.39, 0.29) is 5.97 Å². The first-order valence-electron chi connectivity index (χ1n) is 5.90. The summed E-state index contributed by atoms with van der Waals surface area (Å²) in [5, 5.41) is 0. The van der Waals surface area contributed by atoms with Crippen molar-refractivity contribution >= 4 is 5.97 Å². The van der Waals surface area contributed by atoms with Crippen molar-refractivity contribution in [1.29, 1.82) is 0 Å². The Morgan fingerprint density at radius 1 is 1.53 bits per heavy atom. The summed E-state index contributed by atoms with van der Waals surface area (Å²) >= 11 is 0. The van der Waals surface area contributed by atoms with E-state index in [4.69, 9.17) is 4.74 Å². The summed E-state index contributed by atoms with van der Waals surface area (Å²) in [5.41, 5.74) is 1.53. The topological polar surface area (TPSA) is 48.4 Å². The normalized spacial score (nSPS) is 16.8. The Balaban J connectivity index is 2.02. The molecule has 1 saturated heterocycles. The molecule has 0 aliphatic carbocycles. The predicted molar refractivity (Wildman–Crippen MR) is 62.8 cm³/mol. The maximum absolute atomic E-state index is 11.4. The summed E-state index contributed by atoms with van der Waals surface area (Å²) < 4.78 is 9.99. The molecule has 1 aromatic heterocycles. The van der Waals surface area contributed by atoms with E-state index in [1.54, 1.807) is 6.20 Å². The van der Waals surface area contributed by atoms with Gasteiger partial charge in [-0.2, -0.15) is 0 Å². The second kappa shape index (κ2) is 5.77. The van der Waals surface area contributed by atoms with Crippen molar-refractivity contribution in [2.75, 3.05) is 20.3 Å². The average Bonchev–Trinajstić information content (AvgIpc) is 2.39. The fraction of sp³-hybridized carbons (Fsp3) is 0.538. The molecule has 0 radical (unpaired) electrons. The molecule has 0 bridgehead atoms. The minimum atomic E-state index is -0.376. The fourth-order valence-electron chi connectivity index (χ4n) is 2.10. The second-order valence-corrected chi connectivity index (χ2v) is 4.30. The van der Waals surface area contributed by atoms with Crippen molar-refractivity contribution in [3.8, 4) is 0 Å². The Labute approximate surface area is 101 Å². The zero-order valence-corrected chi connectivity index (χ0v) is 10.0. The van der Waals surface area contributed by atoms with Crippen LogP contribution in [-0.2, 0) is 15.9 Å². The zero-order valence-electron chi connectivity index (χ0n) is 10.0. The number of rotatable bonds is 3. The van der Waals surface area contributed by atoms with Gasteiger partial charge in [0.05, 0.1) is 7.11 Å². The van der Waals surface area contributed by atoms with E-state index in [0.29, 0.717) is 11.6 Å². The van der Waals surface area contributed by atoms with Gasteiger partial charge in [-0.25, -0.2) is 9.78 Å². The quantitative estimate of drug-likeness (QED) is 0.750. The minimum Gasteiger partial charge on any atom is -0.464 e. The lowest BCUT2D eigenvalue weighted by atomic mass is 9.92. The Morgan fingerprint density at radius 3 is 3.00 bits per heavy atom. The van der Waals surface area contributed by atoms with Crippen LogP contribution in [0.5, 0.6) is 0 Å². The van der Waals surface area contributed by atoms with Gasteiger partial charge in [0.2, 0.25) is 0 Å². The zero-order chi connectivity index (χ0) is 12.1. The number of pyridine rings is 1. The molecule has 0 saturated carbocycles. The number of hydrogen-bond donors (Lipinski definition) is 0. The van der Waals surface area contributed by atoms with Crippen LogP contribution in [0.4, 0.5) is 0 Å². The van der Waals surface area contributed by atoms with Crippen LogP contribution in [0, 0.1) is 5.92 Å². The third-order valence-corrected chi connectivity index (χ3v) is 3.08. The number of ether oxygens (including phenoxy) is 2. The third-order valence-electron chi connectivity index (χ3n) is 3.08. The van der Waals surface area contributed by atoms with Crippen LogP contribution in [-0.4, -0.2) is 31.3 Å². The first kappa shape index (κ1) is 12.0. The van der Waals surface area contributed by atoms with Crippen LogP contribution in [0.3, 0.4) is 0 Å². The third kappa shape index (κ3) is 3.27. The van der Waals surface area contributed by atoms with E-state index in [0.717, 1.165) is 38.0 Å². The molecule has 1 aliphatic heterocycles. The fourth-order valence-corrected chi connectivity index (χ4v) is 2.10. The van der Waals surface area contributed by atoms with E-state index in [1.165, 1.54) is 7.11 Å². The molecule has 17 heavy (non-hydrogen) atoms. The molecule has 4 nitrogen and oxygen atoms in total. The molecule has 0 aromatic carbocycles. The van der Waals surface area contributed by atoms with Crippen LogP contribution >= 0.6 is 0 Å². The Morgan fingerprint density at radius 2 is 2.29 bits per heavy atom. The predicted octanol–water partition coefficient (Wildman–Crippen LogP) is 1.84. The summed E-state index contributed by atoms with van der Waals surface area (Å²) in [6.07, 6.45) is 4.84. The molecule has 1 fully saturated rings. The van der Waals surface area contributed by atoms with Crippen molar-refractivity contribution in [2.45, 2.75) is 19.3 Å². The number of aromatic nitrogens is 1. The van der Waals surface area contributed by atoms with Gasteiger partial charge in [-0.15, -0.1) is 0 Å². The maximum Gasteiger partial charge on any atom is 0.356 e. The molecule has 92 valence electrons. The first-order chi connectivity index (χ1) is 8.29. The largest absolute Gasteiger partial charge is 0.464 e. The van der Waals surface area contributed by atoms with E-state index >= 15 is 0 Å². The highest BCUT2D eigenvalue weighted by molar-refractivity contribution is 5.87. The molecule has 1 aliphatic rings. The molecule has 1 aromatic rings.